The van der Waals surface area contributed by atoms with E-state index in [1.807, 2.05) is 18.3 Å². The van der Waals surface area contributed by atoms with E-state index in [-0.39, 0.29) is 5.91 Å². The van der Waals surface area contributed by atoms with E-state index < -0.39 is 0 Å². The van der Waals surface area contributed by atoms with Crippen LogP contribution in [0.15, 0.2) is 18.3 Å². The highest BCUT2D eigenvalue weighted by Crippen LogP contribution is 2.18. The normalized spacial score (nSPS) is 15.8. The van der Waals surface area contributed by atoms with Crippen LogP contribution in [0.25, 0.3) is 0 Å². The molecule has 1 amide bonds. The number of pyridine rings is 1. The van der Waals surface area contributed by atoms with Crippen molar-refractivity contribution in [2.24, 2.45) is 0 Å². The first kappa shape index (κ1) is 14.8. The number of anilines is 1. The highest BCUT2D eigenvalue weighted by Gasteiger charge is 2.11. The van der Waals surface area contributed by atoms with E-state index in [9.17, 15) is 4.79 Å². The predicted octanol–water partition coefficient (Wildman–Crippen LogP) is 2.99. The fraction of sp³-hybridized carbons (Fsp3) is 0.625. The van der Waals surface area contributed by atoms with Crippen LogP contribution in [0.2, 0.25) is 0 Å². The number of amides is 1. The van der Waals surface area contributed by atoms with E-state index >= 15 is 0 Å². The van der Waals surface area contributed by atoms with Gasteiger partial charge in [-0.2, -0.15) is 0 Å². The smallest absolute Gasteiger partial charge is 0.269 e. The molecule has 0 aromatic carbocycles. The maximum atomic E-state index is 11.9. The highest BCUT2D eigenvalue weighted by atomic mass is 16.1. The van der Waals surface area contributed by atoms with Crippen LogP contribution in [0.5, 0.6) is 0 Å². The van der Waals surface area contributed by atoms with Crippen molar-refractivity contribution in [1.82, 2.24) is 10.3 Å². The zero-order valence-corrected chi connectivity index (χ0v) is 12.4. The van der Waals surface area contributed by atoms with Gasteiger partial charge in [-0.05, 0) is 31.4 Å². The van der Waals surface area contributed by atoms with Crippen LogP contribution >= 0.6 is 0 Å². The van der Waals surface area contributed by atoms with Gasteiger partial charge in [0.15, 0.2) is 0 Å². The Morgan fingerprint density at radius 1 is 1.25 bits per heavy atom. The molecular weight excluding hydrogens is 250 g/mol. The molecule has 0 unspecified atom stereocenters. The number of rotatable bonds is 5. The van der Waals surface area contributed by atoms with Crippen molar-refractivity contribution in [3.63, 3.8) is 0 Å². The number of hydrogen-bond acceptors (Lipinski definition) is 3. The molecule has 110 valence electrons. The lowest BCUT2D eigenvalue weighted by molar-refractivity contribution is 0.0948. The van der Waals surface area contributed by atoms with Crippen LogP contribution in [-0.4, -0.2) is 30.5 Å². The third-order valence-electron chi connectivity index (χ3n) is 3.77. The number of carbonyl (C=O) groups excluding carboxylic acids is 1. The number of unbranched alkanes of at least 4 members (excludes halogenated alkanes) is 1. The third kappa shape index (κ3) is 4.22. The molecule has 1 aromatic rings. The van der Waals surface area contributed by atoms with Crippen LogP contribution < -0.4 is 10.2 Å². The quantitative estimate of drug-likeness (QED) is 0.840. The Morgan fingerprint density at radius 3 is 2.60 bits per heavy atom. The van der Waals surface area contributed by atoms with Crippen LogP contribution in [-0.2, 0) is 0 Å². The molecule has 0 bridgehead atoms. The molecule has 1 N–H and O–H groups in total. The molecule has 4 heteroatoms. The van der Waals surface area contributed by atoms with Gasteiger partial charge in [0.2, 0.25) is 0 Å². The zero-order valence-electron chi connectivity index (χ0n) is 12.4. The summed E-state index contributed by atoms with van der Waals surface area (Å²) in [6.07, 6.45) is 9.07. The molecule has 0 aliphatic carbocycles. The van der Waals surface area contributed by atoms with E-state index in [0.29, 0.717) is 5.69 Å². The molecule has 1 aliphatic rings. The first-order valence-electron chi connectivity index (χ1n) is 7.80. The second-order valence-corrected chi connectivity index (χ2v) is 5.41. The van der Waals surface area contributed by atoms with E-state index in [0.717, 1.165) is 38.2 Å². The standard InChI is InChI=1S/C16H25N3O/c1-2-3-10-17-16(20)15-9-8-14(13-18-15)19-11-6-4-5-7-12-19/h8-9,13H,2-7,10-12H2,1H3,(H,17,20). The Balaban J connectivity index is 1.93. The average Bonchev–Trinajstić information content (AvgIpc) is 2.77. The van der Waals surface area contributed by atoms with Gasteiger partial charge in [-0.15, -0.1) is 0 Å². The number of hydrogen-bond donors (Lipinski definition) is 1. The monoisotopic (exact) mass is 275 g/mol. The minimum absolute atomic E-state index is 0.0686. The van der Waals surface area contributed by atoms with Gasteiger partial charge in [-0.1, -0.05) is 26.2 Å². The van der Waals surface area contributed by atoms with Crippen molar-refractivity contribution < 1.29 is 4.79 Å². The minimum Gasteiger partial charge on any atom is -0.370 e. The van der Waals surface area contributed by atoms with Crippen LogP contribution in [0.4, 0.5) is 5.69 Å². The van der Waals surface area contributed by atoms with Crippen molar-refractivity contribution >= 4 is 11.6 Å². The van der Waals surface area contributed by atoms with Gasteiger partial charge >= 0.3 is 0 Å². The molecule has 0 radical (unpaired) electrons. The second kappa shape index (κ2) is 7.88. The SMILES string of the molecule is CCCCNC(=O)c1ccc(N2CCCCCC2)cn1. The molecule has 0 spiro atoms. The topological polar surface area (TPSA) is 45.2 Å². The first-order chi connectivity index (χ1) is 9.81. The van der Waals surface area contributed by atoms with E-state index in [4.69, 9.17) is 0 Å². The largest absolute Gasteiger partial charge is 0.370 e. The number of nitrogens with zero attached hydrogens (tertiary/aromatic N) is 2. The lowest BCUT2D eigenvalue weighted by Gasteiger charge is -2.22. The molecular formula is C16H25N3O. The highest BCUT2D eigenvalue weighted by molar-refractivity contribution is 5.92. The number of aromatic nitrogens is 1. The summed E-state index contributed by atoms with van der Waals surface area (Å²) in [6, 6.07) is 3.86. The van der Waals surface area contributed by atoms with Crippen LogP contribution in [0, 0.1) is 0 Å². The summed E-state index contributed by atoms with van der Waals surface area (Å²) in [4.78, 5) is 18.6. The van der Waals surface area contributed by atoms with E-state index in [1.54, 1.807) is 0 Å². The lowest BCUT2D eigenvalue weighted by atomic mass is 10.2. The molecule has 2 rings (SSSR count). The Kier molecular flexibility index (Phi) is 5.84. The number of nitrogens with one attached hydrogen (secondary N) is 1. The molecule has 0 atom stereocenters. The fourth-order valence-corrected chi connectivity index (χ4v) is 2.51. The van der Waals surface area contributed by atoms with Crippen molar-refractivity contribution in [2.45, 2.75) is 45.4 Å². The van der Waals surface area contributed by atoms with E-state index in [2.05, 4.69) is 22.1 Å². The summed E-state index contributed by atoms with van der Waals surface area (Å²) in [5, 5.41) is 2.89. The van der Waals surface area contributed by atoms with Gasteiger partial charge in [0.1, 0.15) is 5.69 Å². The van der Waals surface area contributed by atoms with E-state index in [1.165, 1.54) is 25.7 Å². The van der Waals surface area contributed by atoms with Crippen LogP contribution in [0.1, 0.15) is 55.9 Å². The van der Waals surface area contributed by atoms with Crippen molar-refractivity contribution in [1.29, 1.82) is 0 Å². The molecule has 4 nitrogen and oxygen atoms in total. The summed E-state index contributed by atoms with van der Waals surface area (Å²) in [7, 11) is 0. The maximum absolute atomic E-state index is 11.9. The average molecular weight is 275 g/mol. The molecule has 1 fully saturated rings. The summed E-state index contributed by atoms with van der Waals surface area (Å²) in [6.45, 7) is 5.04. The van der Waals surface area contributed by atoms with Gasteiger partial charge in [-0.3, -0.25) is 4.79 Å². The van der Waals surface area contributed by atoms with Gasteiger partial charge in [0, 0.05) is 19.6 Å². The third-order valence-corrected chi connectivity index (χ3v) is 3.77. The maximum Gasteiger partial charge on any atom is 0.269 e. The summed E-state index contributed by atoms with van der Waals surface area (Å²) in [5.41, 5.74) is 1.65. The van der Waals surface area contributed by atoms with Crippen molar-refractivity contribution in [3.05, 3.63) is 24.0 Å². The summed E-state index contributed by atoms with van der Waals surface area (Å²) >= 11 is 0. The van der Waals surface area contributed by atoms with Crippen molar-refractivity contribution in [3.8, 4) is 0 Å². The Morgan fingerprint density at radius 2 is 2.00 bits per heavy atom. The second-order valence-electron chi connectivity index (χ2n) is 5.41. The molecule has 20 heavy (non-hydrogen) atoms. The lowest BCUT2D eigenvalue weighted by Crippen LogP contribution is -2.26. The molecule has 1 aliphatic heterocycles. The van der Waals surface area contributed by atoms with Gasteiger partial charge in [0.05, 0.1) is 11.9 Å². The number of carbonyl (C=O) groups is 1. The molecule has 2 heterocycles. The van der Waals surface area contributed by atoms with Gasteiger partial charge in [-0.25, -0.2) is 4.98 Å². The summed E-state index contributed by atoms with van der Waals surface area (Å²) < 4.78 is 0. The van der Waals surface area contributed by atoms with Crippen LogP contribution in [0.3, 0.4) is 0 Å². The Bertz CT molecular complexity index is 408. The zero-order chi connectivity index (χ0) is 14.2. The first-order valence-corrected chi connectivity index (χ1v) is 7.80. The van der Waals surface area contributed by atoms with Gasteiger partial charge in [0.25, 0.3) is 5.91 Å². The Hall–Kier alpha value is -1.58. The molecule has 1 aromatic heterocycles. The summed E-state index contributed by atoms with van der Waals surface area (Å²) in [5.74, 6) is -0.0686. The molecule has 0 saturated carbocycles. The molecule has 1 saturated heterocycles. The fourth-order valence-electron chi connectivity index (χ4n) is 2.51. The Labute approximate surface area is 121 Å². The van der Waals surface area contributed by atoms with Gasteiger partial charge < -0.3 is 10.2 Å². The predicted molar refractivity (Wildman–Crippen MR) is 82.2 cm³/mol. The minimum atomic E-state index is -0.0686. The van der Waals surface area contributed by atoms with Crippen molar-refractivity contribution in [2.75, 3.05) is 24.5 Å².